The van der Waals surface area contributed by atoms with Crippen LogP contribution in [0.2, 0.25) is 0 Å². The molecule has 0 aliphatic carbocycles. The number of aryl methyl sites for hydroxylation is 1. The van der Waals surface area contributed by atoms with Crippen molar-refractivity contribution in [2.24, 2.45) is 10.9 Å². The Labute approximate surface area is 197 Å². The van der Waals surface area contributed by atoms with Gasteiger partial charge in [0.25, 0.3) is 5.91 Å². The molecule has 1 fully saturated rings. The van der Waals surface area contributed by atoms with E-state index in [0.717, 1.165) is 43.2 Å². The van der Waals surface area contributed by atoms with E-state index in [9.17, 15) is 4.79 Å². The molecule has 6 nitrogen and oxygen atoms in total. The third kappa shape index (κ3) is 9.15. The maximum absolute atomic E-state index is 12.2. The van der Waals surface area contributed by atoms with E-state index >= 15 is 0 Å². The molecule has 1 amide bonds. The van der Waals surface area contributed by atoms with Crippen LogP contribution in [0.4, 0.5) is 0 Å². The number of benzene rings is 1. The maximum atomic E-state index is 12.2. The highest BCUT2D eigenvalue weighted by molar-refractivity contribution is 6.39. The van der Waals surface area contributed by atoms with Crippen LogP contribution in [0.3, 0.4) is 0 Å². The molecule has 0 spiro atoms. The van der Waals surface area contributed by atoms with Gasteiger partial charge < -0.3 is 15.2 Å². The molecule has 7 heteroatoms. The number of rotatable bonds is 12. The van der Waals surface area contributed by atoms with Gasteiger partial charge in [0.1, 0.15) is 5.75 Å². The number of allylic oxidation sites excluding steroid dienone is 3. The molecule has 176 valence electrons. The van der Waals surface area contributed by atoms with Crippen molar-refractivity contribution in [3.63, 3.8) is 0 Å². The highest BCUT2D eigenvalue weighted by Gasteiger charge is 2.18. The van der Waals surface area contributed by atoms with E-state index in [1.807, 2.05) is 19.1 Å². The van der Waals surface area contributed by atoms with Crippen molar-refractivity contribution in [3.8, 4) is 5.75 Å². The molecule has 1 aliphatic heterocycles. The SMILES string of the molecule is C=C/C=C(/Cl)C=NCN1CCC(CCCOc2ccc(C(=O)N[C@H](C)CO)c(C)c2)CC1. The zero-order chi connectivity index (χ0) is 23.3. The fourth-order valence-electron chi connectivity index (χ4n) is 3.71. The maximum Gasteiger partial charge on any atom is 0.251 e. The monoisotopic (exact) mass is 461 g/mol. The highest BCUT2D eigenvalue weighted by atomic mass is 35.5. The van der Waals surface area contributed by atoms with E-state index in [4.69, 9.17) is 21.4 Å². The second kappa shape index (κ2) is 14.1. The Kier molecular flexibility index (Phi) is 11.5. The number of hydrogen-bond acceptors (Lipinski definition) is 5. The topological polar surface area (TPSA) is 74.2 Å². The number of likely N-dealkylation sites (tertiary alicyclic amines) is 1. The number of carbonyl (C=O) groups excluding carboxylic acids is 1. The Morgan fingerprint density at radius 1 is 1.44 bits per heavy atom. The molecule has 32 heavy (non-hydrogen) atoms. The van der Waals surface area contributed by atoms with Gasteiger partial charge in [0, 0.05) is 30.9 Å². The Bertz CT molecular complexity index is 802. The number of halogens is 1. The minimum absolute atomic E-state index is 0.0818. The van der Waals surface area contributed by atoms with E-state index in [-0.39, 0.29) is 18.6 Å². The zero-order valence-electron chi connectivity index (χ0n) is 19.2. The number of piperidine rings is 1. The predicted molar refractivity (Wildman–Crippen MR) is 132 cm³/mol. The second-order valence-corrected chi connectivity index (χ2v) is 8.76. The molecule has 1 aromatic carbocycles. The number of hydrogen-bond donors (Lipinski definition) is 2. The van der Waals surface area contributed by atoms with Crippen LogP contribution in [0.25, 0.3) is 0 Å². The summed E-state index contributed by atoms with van der Waals surface area (Å²) < 4.78 is 5.91. The lowest BCUT2D eigenvalue weighted by molar-refractivity contribution is 0.0921. The van der Waals surface area contributed by atoms with Crippen LogP contribution in [0, 0.1) is 12.8 Å². The van der Waals surface area contributed by atoms with Gasteiger partial charge in [-0.3, -0.25) is 14.7 Å². The van der Waals surface area contributed by atoms with Crippen molar-refractivity contribution in [1.29, 1.82) is 0 Å². The molecule has 1 atom stereocenters. The lowest BCUT2D eigenvalue weighted by Gasteiger charge is -2.30. The summed E-state index contributed by atoms with van der Waals surface area (Å²) in [6, 6.07) is 5.24. The molecule has 0 saturated carbocycles. The van der Waals surface area contributed by atoms with Gasteiger partial charge in [-0.1, -0.05) is 24.3 Å². The van der Waals surface area contributed by atoms with Gasteiger partial charge >= 0.3 is 0 Å². The Morgan fingerprint density at radius 3 is 2.84 bits per heavy atom. The van der Waals surface area contributed by atoms with Crippen molar-refractivity contribution < 1.29 is 14.6 Å². The van der Waals surface area contributed by atoms with E-state index in [2.05, 4.69) is 21.8 Å². The zero-order valence-corrected chi connectivity index (χ0v) is 20.0. The van der Waals surface area contributed by atoms with Crippen molar-refractivity contribution in [1.82, 2.24) is 10.2 Å². The fraction of sp³-hybridized carbons (Fsp3) is 0.520. The van der Waals surface area contributed by atoms with Crippen LogP contribution < -0.4 is 10.1 Å². The molecule has 1 saturated heterocycles. The van der Waals surface area contributed by atoms with Gasteiger partial charge in [-0.15, -0.1) is 0 Å². The number of ether oxygens (including phenoxy) is 1. The smallest absolute Gasteiger partial charge is 0.251 e. The lowest BCUT2D eigenvalue weighted by atomic mass is 9.92. The first-order valence-electron chi connectivity index (χ1n) is 11.3. The molecule has 0 unspecified atom stereocenters. The summed E-state index contributed by atoms with van der Waals surface area (Å²) in [5.41, 5.74) is 1.47. The standard InChI is InChI=1S/C25H36ClN3O3/c1-4-6-22(26)16-27-18-29-12-10-21(11-13-29)7-5-14-32-23-8-9-24(19(2)15-23)25(31)28-20(3)17-30/h4,6,8-9,15-16,20-21,30H,1,5,7,10-14,17-18H2,2-3H3,(H,28,31)/b22-6+,27-16?/t20-/m1/s1. The van der Waals surface area contributed by atoms with Crippen molar-refractivity contribution in [3.05, 3.63) is 53.1 Å². The molecule has 1 aromatic rings. The normalized spacial score (nSPS) is 16.8. The van der Waals surface area contributed by atoms with Crippen LogP contribution >= 0.6 is 11.6 Å². The molecule has 1 aliphatic rings. The molecule has 0 bridgehead atoms. The van der Waals surface area contributed by atoms with Gasteiger partial charge in [-0.2, -0.15) is 0 Å². The lowest BCUT2D eigenvalue weighted by Crippen LogP contribution is -2.35. The van der Waals surface area contributed by atoms with Crippen LogP contribution in [0.1, 0.15) is 48.5 Å². The van der Waals surface area contributed by atoms with Gasteiger partial charge in [0.05, 0.1) is 24.9 Å². The third-order valence-electron chi connectivity index (χ3n) is 5.60. The molecule has 1 heterocycles. The summed E-state index contributed by atoms with van der Waals surface area (Å²) in [5.74, 6) is 1.33. The first kappa shape index (κ1) is 26.1. The number of aliphatic imine (C=N–C) groups is 1. The van der Waals surface area contributed by atoms with Crippen molar-refractivity contribution >= 4 is 23.7 Å². The summed E-state index contributed by atoms with van der Waals surface area (Å²) in [5, 5.41) is 12.5. The van der Waals surface area contributed by atoms with Gasteiger partial charge in [-0.25, -0.2) is 0 Å². The quantitative estimate of drug-likeness (QED) is 0.276. The van der Waals surface area contributed by atoms with Crippen LogP contribution in [-0.4, -0.2) is 61.1 Å². The molecule has 0 aromatic heterocycles. The number of amides is 1. The van der Waals surface area contributed by atoms with E-state index in [0.29, 0.717) is 23.9 Å². The van der Waals surface area contributed by atoms with Crippen LogP contribution in [0.15, 0.2) is 47.0 Å². The summed E-state index contributed by atoms with van der Waals surface area (Å²) in [7, 11) is 0. The Hall–Kier alpha value is -2.15. The van der Waals surface area contributed by atoms with Crippen LogP contribution in [0.5, 0.6) is 5.75 Å². The highest BCUT2D eigenvalue weighted by Crippen LogP contribution is 2.23. The molecule has 2 rings (SSSR count). The third-order valence-corrected chi connectivity index (χ3v) is 5.82. The summed E-state index contributed by atoms with van der Waals surface area (Å²) >= 11 is 5.97. The van der Waals surface area contributed by atoms with Gasteiger partial charge in [0.15, 0.2) is 0 Å². The number of nitrogens with one attached hydrogen (secondary N) is 1. The summed E-state index contributed by atoms with van der Waals surface area (Å²) in [4.78, 5) is 19.0. The van der Waals surface area contributed by atoms with Crippen molar-refractivity contribution in [2.75, 3.05) is 33.0 Å². The van der Waals surface area contributed by atoms with Gasteiger partial charge in [-0.05, 0) is 75.3 Å². The molecule has 2 N–H and O–H groups in total. The largest absolute Gasteiger partial charge is 0.494 e. The second-order valence-electron chi connectivity index (χ2n) is 8.33. The van der Waals surface area contributed by atoms with Crippen LogP contribution in [-0.2, 0) is 0 Å². The van der Waals surface area contributed by atoms with Crippen molar-refractivity contribution in [2.45, 2.75) is 45.6 Å². The first-order chi connectivity index (χ1) is 15.4. The summed E-state index contributed by atoms with van der Waals surface area (Å²) in [6.45, 7) is 10.7. The van der Waals surface area contributed by atoms with Gasteiger partial charge in [0.2, 0.25) is 0 Å². The average Bonchev–Trinajstić information content (AvgIpc) is 2.77. The fourth-order valence-corrected chi connectivity index (χ4v) is 3.86. The number of carbonyl (C=O) groups is 1. The molecular formula is C25H36ClN3O3. The average molecular weight is 462 g/mol. The Morgan fingerprint density at radius 2 is 2.19 bits per heavy atom. The summed E-state index contributed by atoms with van der Waals surface area (Å²) in [6.07, 6.45) is 9.60. The Balaban J connectivity index is 1.66. The molecular weight excluding hydrogens is 426 g/mol. The molecule has 0 radical (unpaired) electrons. The van der Waals surface area contributed by atoms with E-state index in [1.54, 1.807) is 31.4 Å². The first-order valence-corrected chi connectivity index (χ1v) is 11.7. The minimum atomic E-state index is -0.268. The number of nitrogens with zero attached hydrogens (tertiary/aromatic N) is 2. The minimum Gasteiger partial charge on any atom is -0.494 e. The number of aliphatic hydroxyl groups excluding tert-OH is 1. The van der Waals surface area contributed by atoms with E-state index < -0.39 is 0 Å². The predicted octanol–water partition coefficient (Wildman–Crippen LogP) is 4.31. The van der Waals surface area contributed by atoms with E-state index in [1.165, 1.54) is 12.8 Å². The number of aliphatic hydroxyl groups is 1.